The molecule has 0 spiro atoms. The molecule has 2 N–H and O–H groups in total. The Morgan fingerprint density at radius 3 is 2.36 bits per heavy atom. The Kier molecular flexibility index (Phi) is 9.47. The van der Waals surface area contributed by atoms with Crippen LogP contribution in [0, 0.1) is 0 Å². The van der Waals surface area contributed by atoms with Gasteiger partial charge in [-0.1, -0.05) is 47.0 Å². The number of rotatable bonds is 8. The average Bonchev–Trinajstić information content (AvgIpc) is 2.48. The number of carboxylic acid groups (broad SMARTS) is 1. The summed E-state index contributed by atoms with van der Waals surface area (Å²) in [6, 6.07) is 0. The molecule has 158 valence electrons. The van der Waals surface area contributed by atoms with Crippen molar-refractivity contribution in [3.63, 3.8) is 0 Å². The van der Waals surface area contributed by atoms with Crippen LogP contribution in [0.3, 0.4) is 0 Å². The summed E-state index contributed by atoms with van der Waals surface area (Å²) in [5, 5.41) is 8.70. The predicted molar refractivity (Wildman–Crippen MR) is 98.9 cm³/mol. The van der Waals surface area contributed by atoms with Gasteiger partial charge in [-0.15, -0.1) is 0 Å². The zero-order chi connectivity index (χ0) is 21.5. The molecular weight excluding hydrogens is 465 g/mol. The number of likely N-dealkylation sites (N-methyl/N-ethyl adjacent to an activating group) is 1. The molecule has 0 aliphatic carbocycles. The van der Waals surface area contributed by atoms with Crippen LogP contribution in [0.4, 0.5) is 0 Å². The van der Waals surface area contributed by atoms with Gasteiger partial charge in [-0.2, -0.15) is 13.1 Å². The number of carbonyl (C=O) groups excluding carboxylic acids is 2. The third-order valence-electron chi connectivity index (χ3n) is 2.88. The minimum absolute atomic E-state index is 0.256. The van der Waals surface area contributed by atoms with Crippen LogP contribution in [0.1, 0.15) is 6.42 Å². The lowest BCUT2D eigenvalue weighted by molar-refractivity contribution is -0.146. The summed E-state index contributed by atoms with van der Waals surface area (Å²) in [5.41, 5.74) is 0. The number of hydrogen-bond acceptors (Lipinski definition) is 9. The van der Waals surface area contributed by atoms with Crippen molar-refractivity contribution in [3.05, 3.63) is 12.2 Å². The first-order valence-electron chi connectivity index (χ1n) is 7.47. The average molecular weight is 482 g/mol. The van der Waals surface area contributed by atoms with Gasteiger partial charge in [0.15, 0.2) is 0 Å². The quantitative estimate of drug-likeness (QED) is 0.268. The van der Waals surface area contributed by atoms with Crippen LogP contribution >= 0.6 is 34.8 Å². The molecule has 0 amide bonds. The summed E-state index contributed by atoms with van der Waals surface area (Å²) in [4.78, 5) is 35.7. The summed E-state index contributed by atoms with van der Waals surface area (Å²) in [6.45, 7) is -1.35. The van der Waals surface area contributed by atoms with Crippen LogP contribution < -0.4 is 4.72 Å². The van der Waals surface area contributed by atoms with Crippen molar-refractivity contribution >= 4 is 70.1 Å². The first-order chi connectivity index (χ1) is 12.8. The minimum Gasteiger partial charge on any atom is -0.497 e. The summed E-state index contributed by atoms with van der Waals surface area (Å²) >= 11 is 16.3. The highest BCUT2D eigenvalue weighted by molar-refractivity contribution is 7.84. The summed E-state index contributed by atoms with van der Waals surface area (Å²) in [6.07, 6.45) is 1.61. The largest absolute Gasteiger partial charge is 0.622 e. The standard InChI is InChI=1S/C12H16BCl3N2O9S/c1-18-5-10(21)26-13(27-11(22)6-18)8(3-2-4-9(19)20)17-28(23,24)25-7-12(14,15)16/h2-3,8,17H,4-7H2,1H3,(H,19,20)/b3-2+. The molecule has 1 heterocycles. The van der Waals surface area contributed by atoms with E-state index in [2.05, 4.69) is 4.18 Å². The fraction of sp³-hybridized carbons (Fsp3) is 0.583. The molecule has 1 aliphatic heterocycles. The molecule has 1 rings (SSSR count). The number of nitrogens with zero attached hydrogens (tertiary/aromatic N) is 1. The van der Waals surface area contributed by atoms with Crippen molar-refractivity contribution in [1.29, 1.82) is 0 Å². The molecule has 1 saturated heterocycles. The molecular formula is C12H16BCl3N2O9S. The van der Waals surface area contributed by atoms with E-state index in [4.69, 9.17) is 49.2 Å². The molecule has 0 aromatic rings. The zero-order valence-electron chi connectivity index (χ0n) is 14.3. The number of halogens is 3. The highest BCUT2D eigenvalue weighted by atomic mass is 35.6. The lowest BCUT2D eigenvalue weighted by Gasteiger charge is -2.26. The number of aliphatic carboxylic acids is 1. The van der Waals surface area contributed by atoms with E-state index < -0.39 is 58.1 Å². The van der Waals surface area contributed by atoms with E-state index in [-0.39, 0.29) is 13.1 Å². The number of carbonyl (C=O) groups is 3. The smallest absolute Gasteiger partial charge is 0.497 e. The molecule has 0 radical (unpaired) electrons. The fourth-order valence-electron chi connectivity index (χ4n) is 1.85. The highest BCUT2D eigenvalue weighted by Gasteiger charge is 2.41. The van der Waals surface area contributed by atoms with Gasteiger partial charge in [0, 0.05) is 0 Å². The highest BCUT2D eigenvalue weighted by Crippen LogP contribution is 2.26. The molecule has 1 atom stereocenters. The minimum atomic E-state index is -4.58. The van der Waals surface area contributed by atoms with E-state index in [9.17, 15) is 22.8 Å². The van der Waals surface area contributed by atoms with E-state index >= 15 is 0 Å². The van der Waals surface area contributed by atoms with Crippen molar-refractivity contribution < 1.29 is 41.4 Å². The molecule has 28 heavy (non-hydrogen) atoms. The van der Waals surface area contributed by atoms with E-state index in [0.717, 1.165) is 12.2 Å². The summed E-state index contributed by atoms with van der Waals surface area (Å²) < 4.78 is 38.4. The Balaban J connectivity index is 3.02. The van der Waals surface area contributed by atoms with Crippen molar-refractivity contribution in [3.8, 4) is 0 Å². The second kappa shape index (κ2) is 10.6. The van der Waals surface area contributed by atoms with Crippen molar-refractivity contribution in [1.82, 2.24) is 9.62 Å². The van der Waals surface area contributed by atoms with Gasteiger partial charge < -0.3 is 14.4 Å². The second-order valence-corrected chi connectivity index (χ2v) is 9.42. The number of nitrogens with one attached hydrogen (secondary N) is 1. The van der Waals surface area contributed by atoms with Crippen molar-refractivity contribution in [2.24, 2.45) is 0 Å². The summed E-state index contributed by atoms with van der Waals surface area (Å²) in [7, 11) is -4.82. The van der Waals surface area contributed by atoms with Gasteiger partial charge in [-0.05, 0) is 7.05 Å². The summed E-state index contributed by atoms with van der Waals surface area (Å²) in [5.74, 6) is -4.33. The van der Waals surface area contributed by atoms with Crippen LogP contribution in [0.25, 0.3) is 0 Å². The van der Waals surface area contributed by atoms with E-state index in [0.29, 0.717) is 0 Å². The predicted octanol–water partition coefficient (Wildman–Crippen LogP) is -0.334. The molecule has 0 aromatic heterocycles. The molecule has 16 heteroatoms. The lowest BCUT2D eigenvalue weighted by atomic mass is 9.78. The number of alkyl halides is 3. The van der Waals surface area contributed by atoms with Crippen molar-refractivity contribution in [2.45, 2.75) is 16.2 Å². The molecule has 1 aliphatic rings. The van der Waals surface area contributed by atoms with Crippen LogP contribution in [0.2, 0.25) is 0 Å². The molecule has 1 fully saturated rings. The van der Waals surface area contributed by atoms with E-state index in [1.807, 2.05) is 4.72 Å². The monoisotopic (exact) mass is 480 g/mol. The molecule has 11 nitrogen and oxygen atoms in total. The Morgan fingerprint density at radius 1 is 1.36 bits per heavy atom. The third kappa shape index (κ3) is 10.5. The van der Waals surface area contributed by atoms with Crippen LogP contribution in [-0.2, 0) is 38.2 Å². The maximum Gasteiger partial charge on any atom is 0.622 e. The molecule has 1 unspecified atom stereocenters. The SMILES string of the molecule is CN1CC(=O)OB(C(/C=C/CC(=O)O)NS(=O)(=O)OCC(Cl)(Cl)Cl)OC(=O)C1. The second-order valence-electron chi connectivity index (χ2n) is 5.52. The van der Waals surface area contributed by atoms with Gasteiger partial charge >= 0.3 is 35.3 Å². The van der Waals surface area contributed by atoms with Crippen LogP contribution in [0.15, 0.2) is 12.2 Å². The van der Waals surface area contributed by atoms with E-state index in [1.54, 1.807) is 0 Å². The van der Waals surface area contributed by atoms with Crippen LogP contribution in [0.5, 0.6) is 0 Å². The first kappa shape index (κ1) is 25.0. The number of hydrogen-bond donors (Lipinski definition) is 2. The number of carboxylic acids is 1. The maximum atomic E-state index is 12.0. The normalized spacial score (nSPS) is 18.4. The zero-order valence-corrected chi connectivity index (χ0v) is 17.4. The van der Waals surface area contributed by atoms with Crippen molar-refractivity contribution in [2.75, 3.05) is 26.7 Å². The Morgan fingerprint density at radius 2 is 1.89 bits per heavy atom. The molecule has 0 aromatic carbocycles. The van der Waals surface area contributed by atoms with Gasteiger partial charge in [0.2, 0.25) is 3.79 Å². The molecule has 0 bridgehead atoms. The van der Waals surface area contributed by atoms with Gasteiger partial charge in [-0.3, -0.25) is 23.5 Å². The maximum absolute atomic E-state index is 12.0. The lowest BCUT2D eigenvalue weighted by Crippen LogP contribution is -2.53. The topological polar surface area (TPSA) is 149 Å². The third-order valence-corrected chi connectivity index (χ3v) is 4.20. The first-order valence-corrected chi connectivity index (χ1v) is 10.0. The Bertz CT molecular complexity index is 708. The molecule has 0 saturated carbocycles. The van der Waals surface area contributed by atoms with Gasteiger partial charge in [0.25, 0.3) is 0 Å². The van der Waals surface area contributed by atoms with Gasteiger partial charge in [0.05, 0.1) is 19.5 Å². The fourth-order valence-corrected chi connectivity index (χ4v) is 3.13. The van der Waals surface area contributed by atoms with Crippen LogP contribution in [-0.4, -0.2) is 79.9 Å². The van der Waals surface area contributed by atoms with Gasteiger partial charge in [-0.25, -0.2) is 0 Å². The van der Waals surface area contributed by atoms with Gasteiger partial charge in [0.1, 0.15) is 12.5 Å². The Labute approximate surface area is 176 Å². The van der Waals surface area contributed by atoms with E-state index in [1.165, 1.54) is 11.9 Å². The Hall–Kier alpha value is -1.09.